The molecule has 0 atom stereocenters. The minimum Gasteiger partial charge on any atom is -0.239 e. The number of nitrogens with zero attached hydrogens (tertiary/aromatic N) is 2. The fourth-order valence-corrected chi connectivity index (χ4v) is 1.12. The molecule has 0 fully saturated rings. The summed E-state index contributed by atoms with van der Waals surface area (Å²) < 4.78 is 0. The zero-order chi connectivity index (χ0) is 7.40. The van der Waals surface area contributed by atoms with Gasteiger partial charge in [0.05, 0.1) is 10.6 Å². The van der Waals surface area contributed by atoms with E-state index in [-0.39, 0.29) is 0 Å². The number of aromatic nitrogens is 2. The van der Waals surface area contributed by atoms with E-state index in [2.05, 4.69) is 34.3 Å². The molecular weight excluding hydrogens is 184 g/mol. The van der Waals surface area contributed by atoms with Gasteiger partial charge in [0, 0.05) is 12.4 Å². The molecule has 2 nitrogen and oxygen atoms in total. The predicted molar refractivity (Wildman–Crippen MR) is 49.6 cm³/mol. The Balaban J connectivity index is 2.80. The van der Waals surface area contributed by atoms with Crippen LogP contribution in [-0.4, -0.2) is 9.97 Å². The molecular formula is C5H6N2S3. The van der Waals surface area contributed by atoms with Crippen LogP contribution in [0.2, 0.25) is 0 Å². The predicted octanol–water partition coefficient (Wildman–Crippen LogP) is 1.84. The fraction of sp³-hybridized carbons (Fsp3) is 0.200. The van der Waals surface area contributed by atoms with Crippen molar-refractivity contribution in [2.24, 2.45) is 0 Å². The lowest BCUT2D eigenvalue weighted by Crippen LogP contribution is -1.88. The molecule has 0 aliphatic rings. The van der Waals surface area contributed by atoms with Gasteiger partial charge in [-0.15, -0.1) is 11.7 Å². The minimum absolute atomic E-state index is 0.581. The summed E-state index contributed by atoms with van der Waals surface area (Å²) in [4.78, 5) is 8.97. The van der Waals surface area contributed by atoms with Crippen LogP contribution in [0.4, 0.5) is 0 Å². The molecule has 0 saturated heterocycles. The fourth-order valence-electron chi connectivity index (χ4n) is 0.472. The highest BCUT2D eigenvalue weighted by Gasteiger charge is 1.92. The molecule has 0 aromatic carbocycles. The van der Waals surface area contributed by atoms with E-state index in [9.17, 15) is 0 Å². The highest BCUT2D eigenvalue weighted by atomic mass is 33.1. The summed E-state index contributed by atoms with van der Waals surface area (Å²) in [6.07, 6.45) is 3.46. The van der Waals surface area contributed by atoms with E-state index in [1.807, 2.05) is 0 Å². The minimum atomic E-state index is 0.581. The van der Waals surface area contributed by atoms with Gasteiger partial charge in [-0.1, -0.05) is 10.8 Å². The lowest BCUT2D eigenvalue weighted by Gasteiger charge is -1.94. The average Bonchev–Trinajstić information content (AvgIpc) is 2.05. The Morgan fingerprint density at radius 2 is 2.00 bits per heavy atom. The molecule has 54 valence electrons. The van der Waals surface area contributed by atoms with Gasteiger partial charge in [0.2, 0.25) is 0 Å². The van der Waals surface area contributed by atoms with Crippen LogP contribution in [0.3, 0.4) is 0 Å². The summed E-state index contributed by atoms with van der Waals surface area (Å²) >= 11 is 8.01. The SMILES string of the molecule is SCc1ncc(SS)cn1. The van der Waals surface area contributed by atoms with E-state index < -0.39 is 0 Å². The van der Waals surface area contributed by atoms with Gasteiger partial charge in [-0.05, 0) is 0 Å². The van der Waals surface area contributed by atoms with Crippen molar-refractivity contribution in [1.82, 2.24) is 9.97 Å². The van der Waals surface area contributed by atoms with Gasteiger partial charge >= 0.3 is 0 Å². The molecule has 0 saturated carbocycles. The van der Waals surface area contributed by atoms with Crippen LogP contribution < -0.4 is 0 Å². The number of hydrogen-bond acceptors (Lipinski definition) is 5. The molecule has 1 aromatic heterocycles. The molecule has 1 aromatic rings. The Morgan fingerprint density at radius 1 is 1.40 bits per heavy atom. The maximum absolute atomic E-state index is 4.02. The molecule has 0 spiro atoms. The highest BCUT2D eigenvalue weighted by Crippen LogP contribution is 2.18. The third-order valence-electron chi connectivity index (χ3n) is 0.928. The standard InChI is InChI=1S/C5H6N2S3/c8-3-5-6-1-4(10-9)2-7-5/h1-2,8-9H,3H2. The number of hydrogen-bond donors (Lipinski definition) is 2. The number of rotatable bonds is 2. The summed E-state index contributed by atoms with van der Waals surface area (Å²) in [5.41, 5.74) is 0. The van der Waals surface area contributed by atoms with E-state index in [1.165, 1.54) is 10.8 Å². The van der Waals surface area contributed by atoms with Crippen LogP contribution >= 0.6 is 35.1 Å². The molecule has 0 aliphatic heterocycles. The zero-order valence-corrected chi connectivity index (χ0v) is 7.66. The Kier molecular flexibility index (Phi) is 3.37. The zero-order valence-electron chi connectivity index (χ0n) is 5.06. The Bertz CT molecular complexity index is 176. The third kappa shape index (κ3) is 2.07. The van der Waals surface area contributed by atoms with E-state index in [4.69, 9.17) is 0 Å². The van der Waals surface area contributed by atoms with Gasteiger partial charge < -0.3 is 0 Å². The summed E-state index contributed by atoms with van der Waals surface area (Å²) in [5.74, 6) is 1.33. The van der Waals surface area contributed by atoms with Gasteiger partial charge in [-0.25, -0.2) is 9.97 Å². The van der Waals surface area contributed by atoms with Gasteiger partial charge in [-0.2, -0.15) is 12.6 Å². The first-order valence-electron chi connectivity index (χ1n) is 2.60. The average molecular weight is 190 g/mol. The van der Waals surface area contributed by atoms with Gasteiger partial charge in [0.1, 0.15) is 5.82 Å². The van der Waals surface area contributed by atoms with Crippen LogP contribution in [-0.2, 0) is 5.75 Å². The highest BCUT2D eigenvalue weighted by molar-refractivity contribution is 8.68. The molecule has 0 unspecified atom stereocenters. The topological polar surface area (TPSA) is 25.8 Å². The molecule has 1 heterocycles. The van der Waals surface area contributed by atoms with Crippen LogP contribution in [0.5, 0.6) is 0 Å². The lowest BCUT2D eigenvalue weighted by atomic mass is 10.6. The van der Waals surface area contributed by atoms with Crippen molar-refractivity contribution in [3.05, 3.63) is 18.2 Å². The van der Waals surface area contributed by atoms with Crippen LogP contribution in [0.15, 0.2) is 17.3 Å². The van der Waals surface area contributed by atoms with Gasteiger partial charge in [0.25, 0.3) is 0 Å². The van der Waals surface area contributed by atoms with Crippen molar-refractivity contribution >= 4 is 35.1 Å². The monoisotopic (exact) mass is 190 g/mol. The first-order chi connectivity index (χ1) is 4.86. The van der Waals surface area contributed by atoms with Crippen molar-refractivity contribution in [2.75, 3.05) is 0 Å². The molecule has 10 heavy (non-hydrogen) atoms. The maximum atomic E-state index is 4.02. The smallest absolute Gasteiger partial charge is 0.137 e. The second-order valence-corrected chi connectivity index (χ2v) is 3.10. The second kappa shape index (κ2) is 4.10. The summed E-state index contributed by atoms with van der Waals surface area (Å²) in [6.45, 7) is 0. The Labute approximate surface area is 74.1 Å². The molecule has 0 amide bonds. The molecule has 0 radical (unpaired) electrons. The van der Waals surface area contributed by atoms with Crippen LogP contribution in [0.25, 0.3) is 0 Å². The van der Waals surface area contributed by atoms with Crippen LogP contribution in [0, 0.1) is 0 Å². The van der Waals surface area contributed by atoms with E-state index in [0.29, 0.717) is 5.75 Å². The molecule has 1 rings (SSSR count). The first-order valence-corrected chi connectivity index (χ1v) is 5.10. The van der Waals surface area contributed by atoms with Crippen molar-refractivity contribution in [1.29, 1.82) is 0 Å². The van der Waals surface area contributed by atoms with Crippen molar-refractivity contribution in [3.63, 3.8) is 0 Å². The lowest BCUT2D eigenvalue weighted by molar-refractivity contribution is 0.997. The molecule has 0 bridgehead atoms. The summed E-state index contributed by atoms with van der Waals surface area (Å²) in [6, 6.07) is 0. The van der Waals surface area contributed by atoms with Crippen molar-refractivity contribution in [2.45, 2.75) is 10.6 Å². The summed E-state index contributed by atoms with van der Waals surface area (Å²) in [7, 11) is 1.33. The first kappa shape index (κ1) is 8.23. The van der Waals surface area contributed by atoms with Crippen LogP contribution in [0.1, 0.15) is 5.82 Å². The molecule has 0 aliphatic carbocycles. The van der Waals surface area contributed by atoms with Crippen molar-refractivity contribution < 1.29 is 0 Å². The number of thiol groups is 2. The second-order valence-electron chi connectivity index (χ2n) is 1.58. The van der Waals surface area contributed by atoms with Crippen molar-refractivity contribution in [3.8, 4) is 0 Å². The van der Waals surface area contributed by atoms with E-state index in [0.717, 1.165) is 10.7 Å². The van der Waals surface area contributed by atoms with Gasteiger partial charge in [-0.3, -0.25) is 0 Å². The Hall–Kier alpha value is 0.130. The molecule has 0 N–H and O–H groups in total. The normalized spacial score (nSPS) is 9.80. The van der Waals surface area contributed by atoms with E-state index in [1.54, 1.807) is 12.4 Å². The van der Waals surface area contributed by atoms with E-state index >= 15 is 0 Å². The quantitative estimate of drug-likeness (QED) is 0.550. The summed E-state index contributed by atoms with van der Waals surface area (Å²) in [5, 5.41) is 0. The largest absolute Gasteiger partial charge is 0.239 e. The molecule has 5 heteroatoms. The Morgan fingerprint density at radius 3 is 2.40 bits per heavy atom. The maximum Gasteiger partial charge on any atom is 0.137 e. The van der Waals surface area contributed by atoms with Gasteiger partial charge in [0.15, 0.2) is 0 Å². The third-order valence-corrected chi connectivity index (χ3v) is 2.27.